The summed E-state index contributed by atoms with van der Waals surface area (Å²) < 4.78 is 21.9. The molecule has 162 valence electrons. The Hall–Kier alpha value is -3.04. The molecule has 1 amide bonds. The van der Waals surface area contributed by atoms with Gasteiger partial charge in [-0.1, -0.05) is 27.5 Å². The molecule has 0 saturated heterocycles. The highest BCUT2D eigenvalue weighted by molar-refractivity contribution is 9.10. The number of carbonyl (C=O) groups excluding carboxylic acids is 2. The fourth-order valence-electron chi connectivity index (χ4n) is 2.63. The van der Waals surface area contributed by atoms with Gasteiger partial charge in [-0.15, -0.1) is 0 Å². The standard InChI is InChI=1S/C21H18BrClN2O6/c1-3-29-19(26)11-30-20-15(23)6-12(7-17(20)28-2)10-24-25-21(27)18-9-13-8-14(22)4-5-16(13)31-18/h4-10H,3,11H2,1-2H3,(H,25,27)/b24-10+. The second kappa shape index (κ2) is 10.3. The van der Waals surface area contributed by atoms with E-state index in [0.29, 0.717) is 16.9 Å². The van der Waals surface area contributed by atoms with E-state index in [1.54, 1.807) is 31.2 Å². The van der Waals surface area contributed by atoms with Crippen molar-refractivity contribution in [2.45, 2.75) is 6.92 Å². The third kappa shape index (κ3) is 5.77. The van der Waals surface area contributed by atoms with Gasteiger partial charge in [-0.05, 0) is 48.9 Å². The van der Waals surface area contributed by atoms with Gasteiger partial charge in [-0.25, -0.2) is 10.2 Å². The summed E-state index contributed by atoms with van der Waals surface area (Å²) in [5, 5.41) is 4.93. The van der Waals surface area contributed by atoms with Gasteiger partial charge in [0.1, 0.15) is 5.58 Å². The summed E-state index contributed by atoms with van der Waals surface area (Å²) in [4.78, 5) is 23.8. The molecule has 0 radical (unpaired) electrons. The molecule has 0 aliphatic carbocycles. The number of rotatable bonds is 8. The zero-order chi connectivity index (χ0) is 22.4. The summed E-state index contributed by atoms with van der Waals surface area (Å²) in [5.41, 5.74) is 3.53. The number of nitrogens with one attached hydrogen (secondary N) is 1. The number of hydrazone groups is 1. The summed E-state index contributed by atoms with van der Waals surface area (Å²) in [5.74, 6) is -0.397. The Morgan fingerprint density at radius 1 is 1.26 bits per heavy atom. The first-order valence-corrected chi connectivity index (χ1v) is 10.3. The van der Waals surface area contributed by atoms with Gasteiger partial charge >= 0.3 is 11.9 Å². The number of fused-ring (bicyclic) bond motifs is 1. The molecule has 1 heterocycles. The zero-order valence-corrected chi connectivity index (χ0v) is 19.0. The summed E-state index contributed by atoms with van der Waals surface area (Å²) >= 11 is 9.62. The highest BCUT2D eigenvalue weighted by atomic mass is 79.9. The predicted molar refractivity (Wildman–Crippen MR) is 119 cm³/mol. The zero-order valence-electron chi connectivity index (χ0n) is 16.6. The van der Waals surface area contributed by atoms with E-state index in [-0.39, 0.29) is 29.7 Å². The molecule has 3 rings (SSSR count). The second-order valence-electron chi connectivity index (χ2n) is 6.12. The van der Waals surface area contributed by atoms with Crippen LogP contribution in [0.5, 0.6) is 11.5 Å². The van der Waals surface area contributed by atoms with Crippen molar-refractivity contribution in [1.82, 2.24) is 5.43 Å². The summed E-state index contributed by atoms with van der Waals surface area (Å²) in [6, 6.07) is 10.2. The van der Waals surface area contributed by atoms with Crippen molar-refractivity contribution in [2.75, 3.05) is 20.3 Å². The lowest BCUT2D eigenvalue weighted by Gasteiger charge is -2.12. The van der Waals surface area contributed by atoms with E-state index >= 15 is 0 Å². The molecule has 31 heavy (non-hydrogen) atoms. The van der Waals surface area contributed by atoms with Crippen LogP contribution < -0.4 is 14.9 Å². The van der Waals surface area contributed by atoms with Crippen LogP contribution in [0.1, 0.15) is 23.0 Å². The average molecular weight is 510 g/mol. The van der Waals surface area contributed by atoms with E-state index in [4.69, 9.17) is 30.2 Å². The Morgan fingerprint density at radius 2 is 2.06 bits per heavy atom. The third-order valence-electron chi connectivity index (χ3n) is 3.97. The van der Waals surface area contributed by atoms with Crippen LogP contribution in [0.2, 0.25) is 5.02 Å². The maximum atomic E-state index is 12.3. The first kappa shape index (κ1) is 22.6. The highest BCUT2D eigenvalue weighted by Gasteiger charge is 2.15. The number of hydrogen-bond donors (Lipinski definition) is 1. The number of nitrogens with zero attached hydrogens (tertiary/aromatic N) is 1. The van der Waals surface area contributed by atoms with E-state index in [1.807, 2.05) is 12.1 Å². The molecule has 0 atom stereocenters. The van der Waals surface area contributed by atoms with Gasteiger partial charge in [-0.2, -0.15) is 5.10 Å². The Kier molecular flexibility index (Phi) is 7.54. The number of methoxy groups -OCH3 is 1. The first-order valence-electron chi connectivity index (χ1n) is 9.09. The van der Waals surface area contributed by atoms with Gasteiger partial charge in [0.25, 0.3) is 0 Å². The van der Waals surface area contributed by atoms with Crippen LogP contribution in [0.3, 0.4) is 0 Å². The number of carbonyl (C=O) groups is 2. The highest BCUT2D eigenvalue weighted by Crippen LogP contribution is 2.36. The molecular formula is C21H18BrClN2O6. The number of benzene rings is 2. The number of ether oxygens (including phenoxy) is 3. The fraction of sp³-hybridized carbons (Fsp3) is 0.190. The number of furan rings is 1. The Balaban J connectivity index is 1.68. The molecule has 0 bridgehead atoms. The minimum atomic E-state index is -0.521. The number of halogens is 2. The summed E-state index contributed by atoms with van der Waals surface area (Å²) in [6.45, 7) is 1.65. The third-order valence-corrected chi connectivity index (χ3v) is 4.75. The molecule has 1 aromatic heterocycles. The largest absolute Gasteiger partial charge is 0.493 e. The van der Waals surface area contributed by atoms with Crippen molar-refractivity contribution in [1.29, 1.82) is 0 Å². The van der Waals surface area contributed by atoms with Crippen molar-refractivity contribution in [3.8, 4) is 11.5 Å². The number of esters is 1. The topological polar surface area (TPSA) is 99.4 Å². The van der Waals surface area contributed by atoms with Gasteiger partial charge in [0.2, 0.25) is 0 Å². The van der Waals surface area contributed by atoms with E-state index < -0.39 is 11.9 Å². The van der Waals surface area contributed by atoms with Crippen molar-refractivity contribution >= 4 is 56.6 Å². The van der Waals surface area contributed by atoms with Crippen molar-refractivity contribution in [3.05, 3.63) is 57.2 Å². The molecule has 0 fully saturated rings. The smallest absolute Gasteiger partial charge is 0.344 e. The monoisotopic (exact) mass is 508 g/mol. The molecule has 0 unspecified atom stereocenters. The molecule has 0 aliphatic heterocycles. The van der Waals surface area contributed by atoms with E-state index in [1.165, 1.54) is 13.3 Å². The van der Waals surface area contributed by atoms with Gasteiger partial charge < -0.3 is 18.6 Å². The maximum absolute atomic E-state index is 12.3. The SMILES string of the molecule is CCOC(=O)COc1c(Cl)cc(/C=N/NC(=O)c2cc3cc(Br)ccc3o2)cc1OC. The Bertz CT molecular complexity index is 1140. The number of amides is 1. The van der Waals surface area contributed by atoms with Gasteiger partial charge in [0.15, 0.2) is 23.9 Å². The van der Waals surface area contributed by atoms with Crippen LogP contribution in [0, 0.1) is 0 Å². The van der Waals surface area contributed by atoms with Crippen LogP contribution in [-0.2, 0) is 9.53 Å². The molecule has 0 spiro atoms. The van der Waals surface area contributed by atoms with Crippen LogP contribution in [-0.4, -0.2) is 38.4 Å². The van der Waals surface area contributed by atoms with Gasteiger partial charge in [0, 0.05) is 9.86 Å². The van der Waals surface area contributed by atoms with Crippen molar-refractivity contribution in [3.63, 3.8) is 0 Å². The summed E-state index contributed by atoms with van der Waals surface area (Å²) in [6.07, 6.45) is 1.39. The molecule has 2 aromatic carbocycles. The lowest BCUT2D eigenvalue weighted by atomic mass is 10.2. The van der Waals surface area contributed by atoms with Gasteiger partial charge in [-0.3, -0.25) is 4.79 Å². The molecular weight excluding hydrogens is 492 g/mol. The predicted octanol–water partition coefficient (Wildman–Crippen LogP) is 4.56. The number of hydrogen-bond acceptors (Lipinski definition) is 7. The van der Waals surface area contributed by atoms with Crippen LogP contribution >= 0.6 is 27.5 Å². The fourth-order valence-corrected chi connectivity index (χ4v) is 3.29. The van der Waals surface area contributed by atoms with Crippen molar-refractivity contribution < 1.29 is 28.2 Å². The van der Waals surface area contributed by atoms with Crippen molar-refractivity contribution in [2.24, 2.45) is 5.10 Å². The maximum Gasteiger partial charge on any atom is 0.344 e. The summed E-state index contributed by atoms with van der Waals surface area (Å²) in [7, 11) is 1.44. The molecule has 3 aromatic rings. The van der Waals surface area contributed by atoms with Crippen LogP contribution in [0.25, 0.3) is 11.0 Å². The minimum Gasteiger partial charge on any atom is -0.493 e. The minimum absolute atomic E-state index is 0.128. The molecule has 1 N–H and O–H groups in total. The lowest BCUT2D eigenvalue weighted by molar-refractivity contribution is -0.145. The van der Waals surface area contributed by atoms with E-state index in [2.05, 4.69) is 26.5 Å². The molecule has 8 nitrogen and oxygen atoms in total. The normalized spacial score (nSPS) is 11.0. The second-order valence-corrected chi connectivity index (χ2v) is 7.44. The van der Waals surface area contributed by atoms with Crippen LogP contribution in [0.4, 0.5) is 0 Å². The average Bonchev–Trinajstić information content (AvgIpc) is 3.16. The first-order chi connectivity index (χ1) is 14.9. The Labute approximate surface area is 191 Å². The molecule has 10 heteroatoms. The van der Waals surface area contributed by atoms with E-state index in [9.17, 15) is 9.59 Å². The van der Waals surface area contributed by atoms with E-state index in [0.717, 1.165) is 9.86 Å². The Morgan fingerprint density at radius 3 is 2.81 bits per heavy atom. The molecule has 0 saturated carbocycles. The van der Waals surface area contributed by atoms with Crippen LogP contribution in [0.15, 0.2) is 50.4 Å². The van der Waals surface area contributed by atoms with Gasteiger partial charge in [0.05, 0.1) is 25.0 Å². The molecule has 0 aliphatic rings. The quantitative estimate of drug-likeness (QED) is 0.271. The lowest BCUT2D eigenvalue weighted by Crippen LogP contribution is -2.16.